The zero-order valence-electron chi connectivity index (χ0n) is 10.4. The van der Waals surface area contributed by atoms with Crippen LogP contribution in [0.2, 0.25) is 0 Å². The topological polar surface area (TPSA) is 32.3 Å². The largest absolute Gasteiger partial charge is 0.341 e. The van der Waals surface area contributed by atoms with Gasteiger partial charge in [0.25, 0.3) is 0 Å². The van der Waals surface area contributed by atoms with E-state index in [9.17, 15) is 4.79 Å². The van der Waals surface area contributed by atoms with Gasteiger partial charge in [-0.05, 0) is 24.8 Å². The molecular formula is C12H24N2O. The maximum Gasteiger partial charge on any atom is 0.219 e. The molecule has 2 atom stereocenters. The zero-order chi connectivity index (χ0) is 11.4. The standard InChI is InChI=1S/C12H24N2O/c1-5-13-12-6-11(9(2)3)7-14(8-12)10(4)15/h9,11-13H,5-8H2,1-4H3. The Hall–Kier alpha value is -0.570. The molecule has 0 saturated carbocycles. The van der Waals surface area contributed by atoms with Crippen LogP contribution >= 0.6 is 0 Å². The maximum absolute atomic E-state index is 11.4. The van der Waals surface area contributed by atoms with Crippen molar-refractivity contribution in [2.45, 2.75) is 40.2 Å². The van der Waals surface area contributed by atoms with Crippen molar-refractivity contribution in [1.82, 2.24) is 10.2 Å². The van der Waals surface area contributed by atoms with Gasteiger partial charge in [-0.25, -0.2) is 0 Å². The molecule has 1 aliphatic rings. The van der Waals surface area contributed by atoms with Crippen LogP contribution in [0.3, 0.4) is 0 Å². The van der Waals surface area contributed by atoms with E-state index in [0.717, 1.165) is 19.6 Å². The van der Waals surface area contributed by atoms with Crippen LogP contribution < -0.4 is 5.32 Å². The van der Waals surface area contributed by atoms with Crippen molar-refractivity contribution in [3.05, 3.63) is 0 Å². The molecule has 3 nitrogen and oxygen atoms in total. The van der Waals surface area contributed by atoms with Gasteiger partial charge < -0.3 is 10.2 Å². The number of hydrogen-bond donors (Lipinski definition) is 1. The van der Waals surface area contributed by atoms with Crippen LogP contribution in [-0.2, 0) is 4.79 Å². The molecule has 1 saturated heterocycles. The highest BCUT2D eigenvalue weighted by Crippen LogP contribution is 2.23. The molecule has 2 unspecified atom stereocenters. The molecular weight excluding hydrogens is 188 g/mol. The number of rotatable bonds is 3. The highest BCUT2D eigenvalue weighted by Gasteiger charge is 2.29. The predicted molar refractivity (Wildman–Crippen MR) is 62.7 cm³/mol. The lowest BCUT2D eigenvalue weighted by molar-refractivity contribution is -0.131. The van der Waals surface area contributed by atoms with Gasteiger partial charge in [-0.3, -0.25) is 4.79 Å². The van der Waals surface area contributed by atoms with Gasteiger partial charge in [0.2, 0.25) is 5.91 Å². The summed E-state index contributed by atoms with van der Waals surface area (Å²) < 4.78 is 0. The number of piperidine rings is 1. The number of likely N-dealkylation sites (tertiary alicyclic amines) is 1. The molecule has 1 heterocycles. The van der Waals surface area contributed by atoms with Crippen LogP contribution in [0, 0.1) is 11.8 Å². The van der Waals surface area contributed by atoms with E-state index >= 15 is 0 Å². The van der Waals surface area contributed by atoms with E-state index in [0.29, 0.717) is 17.9 Å². The zero-order valence-corrected chi connectivity index (χ0v) is 10.4. The Morgan fingerprint density at radius 2 is 2.13 bits per heavy atom. The normalized spacial score (nSPS) is 27.1. The Morgan fingerprint density at radius 3 is 2.60 bits per heavy atom. The van der Waals surface area contributed by atoms with Gasteiger partial charge >= 0.3 is 0 Å². The number of amides is 1. The van der Waals surface area contributed by atoms with E-state index in [4.69, 9.17) is 0 Å². The van der Waals surface area contributed by atoms with Crippen LogP contribution in [0.4, 0.5) is 0 Å². The van der Waals surface area contributed by atoms with Gasteiger partial charge in [0.05, 0.1) is 0 Å². The van der Waals surface area contributed by atoms with Crippen LogP contribution in [0.1, 0.15) is 34.1 Å². The van der Waals surface area contributed by atoms with Gasteiger partial charge in [0, 0.05) is 26.1 Å². The monoisotopic (exact) mass is 212 g/mol. The summed E-state index contributed by atoms with van der Waals surface area (Å²) in [6.07, 6.45) is 1.20. The van der Waals surface area contributed by atoms with Crippen LogP contribution in [0.5, 0.6) is 0 Å². The number of carbonyl (C=O) groups excluding carboxylic acids is 1. The molecule has 3 heteroatoms. The highest BCUT2D eigenvalue weighted by atomic mass is 16.2. The van der Waals surface area contributed by atoms with Crippen LogP contribution in [0.25, 0.3) is 0 Å². The molecule has 0 radical (unpaired) electrons. The fourth-order valence-corrected chi connectivity index (χ4v) is 2.31. The average molecular weight is 212 g/mol. The Balaban J connectivity index is 2.60. The molecule has 1 N–H and O–H groups in total. The van der Waals surface area contributed by atoms with E-state index < -0.39 is 0 Å². The molecule has 88 valence electrons. The van der Waals surface area contributed by atoms with E-state index in [1.54, 1.807) is 6.92 Å². The van der Waals surface area contributed by atoms with Crippen molar-refractivity contribution in [1.29, 1.82) is 0 Å². The van der Waals surface area contributed by atoms with Gasteiger partial charge in [0.15, 0.2) is 0 Å². The number of hydrogen-bond acceptors (Lipinski definition) is 2. The fourth-order valence-electron chi connectivity index (χ4n) is 2.31. The van der Waals surface area contributed by atoms with Crippen molar-refractivity contribution in [3.8, 4) is 0 Å². The molecule has 1 aliphatic heterocycles. The van der Waals surface area contributed by atoms with Crippen molar-refractivity contribution < 1.29 is 4.79 Å². The summed E-state index contributed by atoms with van der Waals surface area (Å²) in [6, 6.07) is 0.486. The fraction of sp³-hybridized carbons (Fsp3) is 0.917. The summed E-state index contributed by atoms with van der Waals surface area (Å²) >= 11 is 0. The number of nitrogens with zero attached hydrogens (tertiary/aromatic N) is 1. The predicted octanol–water partition coefficient (Wildman–Crippen LogP) is 1.49. The van der Waals surface area contributed by atoms with Gasteiger partial charge in [-0.1, -0.05) is 20.8 Å². The van der Waals surface area contributed by atoms with E-state index in [-0.39, 0.29) is 5.91 Å². The second kappa shape index (κ2) is 5.50. The van der Waals surface area contributed by atoms with Gasteiger partial charge in [-0.15, -0.1) is 0 Å². The molecule has 1 amide bonds. The Labute approximate surface area is 93.2 Å². The lowest BCUT2D eigenvalue weighted by atomic mass is 9.85. The van der Waals surface area contributed by atoms with Crippen molar-refractivity contribution in [2.75, 3.05) is 19.6 Å². The average Bonchev–Trinajstić information content (AvgIpc) is 2.17. The minimum Gasteiger partial charge on any atom is -0.341 e. The van der Waals surface area contributed by atoms with E-state index in [1.165, 1.54) is 6.42 Å². The third kappa shape index (κ3) is 3.49. The first kappa shape index (κ1) is 12.5. The molecule has 0 aromatic carbocycles. The molecule has 15 heavy (non-hydrogen) atoms. The molecule has 1 rings (SSSR count). The minimum absolute atomic E-state index is 0.211. The quantitative estimate of drug-likeness (QED) is 0.768. The molecule has 1 fully saturated rings. The number of likely N-dealkylation sites (N-methyl/N-ethyl adjacent to an activating group) is 1. The van der Waals surface area contributed by atoms with Gasteiger partial charge in [-0.2, -0.15) is 0 Å². The second-order valence-corrected chi connectivity index (χ2v) is 4.92. The van der Waals surface area contributed by atoms with Crippen LogP contribution in [0.15, 0.2) is 0 Å². The van der Waals surface area contributed by atoms with Crippen molar-refractivity contribution in [2.24, 2.45) is 11.8 Å². The van der Waals surface area contributed by atoms with E-state index in [2.05, 4.69) is 26.1 Å². The summed E-state index contributed by atoms with van der Waals surface area (Å²) in [6.45, 7) is 11.1. The summed E-state index contributed by atoms with van der Waals surface area (Å²) in [5, 5.41) is 3.46. The molecule has 0 spiro atoms. The lowest BCUT2D eigenvalue weighted by Crippen LogP contribution is -2.51. The molecule has 0 aliphatic carbocycles. The first-order chi connectivity index (χ1) is 7.04. The maximum atomic E-state index is 11.4. The van der Waals surface area contributed by atoms with Crippen molar-refractivity contribution in [3.63, 3.8) is 0 Å². The Bertz CT molecular complexity index is 216. The third-order valence-electron chi connectivity index (χ3n) is 3.36. The Morgan fingerprint density at radius 1 is 1.47 bits per heavy atom. The highest BCUT2D eigenvalue weighted by molar-refractivity contribution is 5.73. The minimum atomic E-state index is 0.211. The summed E-state index contributed by atoms with van der Waals surface area (Å²) in [7, 11) is 0. The first-order valence-corrected chi connectivity index (χ1v) is 6.03. The number of carbonyl (C=O) groups is 1. The van der Waals surface area contributed by atoms with Gasteiger partial charge in [0.1, 0.15) is 0 Å². The summed E-state index contributed by atoms with van der Waals surface area (Å²) in [4.78, 5) is 13.4. The lowest BCUT2D eigenvalue weighted by Gasteiger charge is -2.39. The molecule has 0 aromatic heterocycles. The third-order valence-corrected chi connectivity index (χ3v) is 3.36. The van der Waals surface area contributed by atoms with Crippen LogP contribution in [-0.4, -0.2) is 36.5 Å². The Kier molecular flexibility index (Phi) is 4.58. The SMILES string of the molecule is CCNC1CC(C(C)C)CN(C(C)=O)C1. The molecule has 0 bridgehead atoms. The van der Waals surface area contributed by atoms with Crippen molar-refractivity contribution >= 4 is 5.91 Å². The van der Waals surface area contributed by atoms with E-state index in [1.807, 2.05) is 4.90 Å². The summed E-state index contributed by atoms with van der Waals surface area (Å²) in [5.74, 6) is 1.52. The summed E-state index contributed by atoms with van der Waals surface area (Å²) in [5.41, 5.74) is 0. The number of nitrogens with one attached hydrogen (secondary N) is 1. The molecule has 0 aromatic rings. The smallest absolute Gasteiger partial charge is 0.219 e. The first-order valence-electron chi connectivity index (χ1n) is 6.03. The second-order valence-electron chi connectivity index (χ2n) is 4.92.